The third-order valence-corrected chi connectivity index (χ3v) is 5.98. The molecule has 3 amide bonds. The Morgan fingerprint density at radius 1 is 1.04 bits per heavy atom. The summed E-state index contributed by atoms with van der Waals surface area (Å²) in [7, 11) is 0. The zero-order chi connectivity index (χ0) is 20.3. The van der Waals surface area contributed by atoms with Crippen molar-refractivity contribution in [1.82, 2.24) is 15.1 Å². The first-order chi connectivity index (χ1) is 13.3. The van der Waals surface area contributed by atoms with Crippen molar-refractivity contribution in [2.75, 3.05) is 32.7 Å². The fourth-order valence-corrected chi connectivity index (χ4v) is 4.23. The molecule has 1 saturated heterocycles. The zero-order valence-electron chi connectivity index (χ0n) is 15.2. The molecule has 9 heteroatoms. The van der Waals surface area contributed by atoms with Crippen molar-refractivity contribution in [3.63, 3.8) is 0 Å². The Morgan fingerprint density at radius 2 is 1.71 bits per heavy atom. The van der Waals surface area contributed by atoms with Gasteiger partial charge in [-0.25, -0.2) is 0 Å². The van der Waals surface area contributed by atoms with Crippen LogP contribution in [0.1, 0.15) is 24.9 Å². The van der Waals surface area contributed by atoms with Crippen LogP contribution in [0.15, 0.2) is 30.3 Å². The molecule has 1 aromatic heterocycles. The minimum atomic E-state index is -0.433. The van der Waals surface area contributed by atoms with Crippen molar-refractivity contribution in [3.8, 4) is 0 Å². The van der Waals surface area contributed by atoms with E-state index in [1.807, 2.05) is 19.1 Å². The van der Waals surface area contributed by atoms with Crippen molar-refractivity contribution in [2.45, 2.75) is 6.92 Å². The smallest absolute Gasteiger partial charge is 0.264 e. The number of aryl methyl sites for hydroxylation is 1. The minimum absolute atomic E-state index is 0.00381. The van der Waals surface area contributed by atoms with Crippen LogP contribution in [0.4, 0.5) is 0 Å². The molecule has 0 unspecified atom stereocenters. The quantitative estimate of drug-likeness (QED) is 0.795. The Labute approximate surface area is 177 Å². The Bertz CT molecular complexity index is 908. The highest BCUT2D eigenvalue weighted by molar-refractivity contribution is 7.13. The number of nitrogens with one attached hydrogen (secondary N) is 1. The summed E-state index contributed by atoms with van der Waals surface area (Å²) in [5, 5.41) is 3.25. The number of thiophene rings is 1. The molecule has 0 bridgehead atoms. The van der Waals surface area contributed by atoms with Gasteiger partial charge in [-0.3, -0.25) is 14.4 Å². The molecule has 148 valence electrons. The minimum Gasteiger partial charge on any atom is -0.343 e. The molecule has 6 nitrogen and oxygen atoms in total. The Morgan fingerprint density at radius 3 is 2.32 bits per heavy atom. The van der Waals surface area contributed by atoms with E-state index >= 15 is 0 Å². The Balaban J connectivity index is 1.48. The largest absolute Gasteiger partial charge is 0.343 e. The second-order valence-corrected chi connectivity index (χ2v) is 8.52. The van der Waals surface area contributed by atoms with Crippen LogP contribution >= 0.6 is 34.5 Å². The lowest BCUT2D eigenvalue weighted by Gasteiger charge is -2.34. The van der Waals surface area contributed by atoms with Gasteiger partial charge in [-0.05, 0) is 37.3 Å². The number of amides is 3. The number of carbonyl (C=O) groups is 3. The first-order valence-electron chi connectivity index (χ1n) is 8.72. The fourth-order valence-electron chi connectivity index (χ4n) is 2.90. The van der Waals surface area contributed by atoms with Gasteiger partial charge < -0.3 is 15.1 Å². The van der Waals surface area contributed by atoms with E-state index in [-0.39, 0.29) is 28.9 Å². The second-order valence-electron chi connectivity index (χ2n) is 6.39. The summed E-state index contributed by atoms with van der Waals surface area (Å²) >= 11 is 13.3. The predicted molar refractivity (Wildman–Crippen MR) is 110 cm³/mol. The zero-order valence-corrected chi connectivity index (χ0v) is 17.5. The van der Waals surface area contributed by atoms with Crippen molar-refractivity contribution in [1.29, 1.82) is 0 Å². The molecule has 1 aromatic carbocycles. The number of hydrogen-bond donors (Lipinski definition) is 1. The van der Waals surface area contributed by atoms with Crippen LogP contribution in [0.2, 0.25) is 10.0 Å². The van der Waals surface area contributed by atoms with Crippen LogP contribution in [-0.4, -0.2) is 60.2 Å². The van der Waals surface area contributed by atoms with Crippen molar-refractivity contribution in [2.24, 2.45) is 0 Å². The number of nitrogens with zero attached hydrogens (tertiary/aromatic N) is 2. The van der Waals surface area contributed by atoms with Crippen LogP contribution in [-0.2, 0) is 4.79 Å². The highest BCUT2D eigenvalue weighted by Gasteiger charge is 2.25. The Kier molecular flexibility index (Phi) is 6.59. The molecule has 1 aliphatic rings. The summed E-state index contributed by atoms with van der Waals surface area (Å²) in [6.07, 6.45) is 0. The molecule has 1 aliphatic heterocycles. The predicted octanol–water partition coefficient (Wildman–Crippen LogP) is 3.08. The van der Waals surface area contributed by atoms with Crippen LogP contribution in [0.5, 0.6) is 0 Å². The van der Waals surface area contributed by atoms with E-state index in [1.54, 1.807) is 15.9 Å². The number of piperazine rings is 1. The molecular weight excluding hydrogens is 421 g/mol. The lowest BCUT2D eigenvalue weighted by Crippen LogP contribution is -2.52. The molecule has 2 heterocycles. The van der Waals surface area contributed by atoms with Crippen LogP contribution in [0.25, 0.3) is 0 Å². The normalized spacial score (nSPS) is 14.1. The molecule has 0 radical (unpaired) electrons. The maximum absolute atomic E-state index is 12.5. The van der Waals surface area contributed by atoms with Gasteiger partial charge in [0.1, 0.15) is 0 Å². The van der Waals surface area contributed by atoms with E-state index in [0.29, 0.717) is 36.1 Å². The first kappa shape index (κ1) is 20.6. The number of hydrogen-bond acceptors (Lipinski definition) is 4. The average molecular weight is 440 g/mol. The van der Waals surface area contributed by atoms with E-state index in [1.165, 1.54) is 23.5 Å². The molecule has 3 rings (SSSR count). The van der Waals surface area contributed by atoms with E-state index in [2.05, 4.69) is 5.32 Å². The first-order valence-corrected chi connectivity index (χ1v) is 10.3. The maximum Gasteiger partial charge on any atom is 0.264 e. The molecule has 0 spiro atoms. The molecule has 0 saturated carbocycles. The van der Waals surface area contributed by atoms with Gasteiger partial charge in [0.05, 0.1) is 22.0 Å². The van der Waals surface area contributed by atoms with Gasteiger partial charge in [0, 0.05) is 36.1 Å². The molecule has 2 aromatic rings. The number of carbonyl (C=O) groups excluding carboxylic acids is 3. The van der Waals surface area contributed by atoms with Crippen LogP contribution in [0, 0.1) is 6.92 Å². The topological polar surface area (TPSA) is 69.7 Å². The molecule has 0 aliphatic carbocycles. The van der Waals surface area contributed by atoms with Gasteiger partial charge >= 0.3 is 0 Å². The van der Waals surface area contributed by atoms with Crippen molar-refractivity contribution < 1.29 is 14.4 Å². The summed E-state index contributed by atoms with van der Waals surface area (Å²) in [5.74, 6) is -0.634. The van der Waals surface area contributed by atoms with Gasteiger partial charge in [-0.15, -0.1) is 11.3 Å². The summed E-state index contributed by atoms with van der Waals surface area (Å²) in [6.45, 7) is 3.65. The fraction of sp³-hybridized carbons (Fsp3) is 0.316. The second kappa shape index (κ2) is 8.94. The summed E-state index contributed by atoms with van der Waals surface area (Å²) in [5.41, 5.74) is 0.264. The van der Waals surface area contributed by atoms with Crippen LogP contribution in [0.3, 0.4) is 0 Å². The van der Waals surface area contributed by atoms with E-state index < -0.39 is 5.91 Å². The highest BCUT2D eigenvalue weighted by atomic mass is 35.5. The highest BCUT2D eigenvalue weighted by Crippen LogP contribution is 2.21. The monoisotopic (exact) mass is 439 g/mol. The molecular formula is C19H19Cl2N3O3S. The van der Waals surface area contributed by atoms with Crippen molar-refractivity contribution >= 4 is 52.3 Å². The number of halogens is 2. The molecule has 0 atom stereocenters. The van der Waals surface area contributed by atoms with Gasteiger partial charge in [0.15, 0.2) is 0 Å². The molecule has 1 N–H and O–H groups in total. The molecule has 28 heavy (non-hydrogen) atoms. The van der Waals surface area contributed by atoms with E-state index in [9.17, 15) is 14.4 Å². The molecule has 1 fully saturated rings. The van der Waals surface area contributed by atoms with Gasteiger partial charge in [-0.2, -0.15) is 0 Å². The number of rotatable bonds is 4. The summed E-state index contributed by atoms with van der Waals surface area (Å²) in [6, 6.07) is 8.31. The standard InChI is InChI=1S/C19H19Cl2N3O3S/c1-12-2-5-16(28-12)19(27)24-8-6-23(7-9-24)17(25)11-22-18(26)14-4-3-13(20)10-15(14)21/h2-5,10H,6-9,11H2,1H3,(H,22,26). The third kappa shape index (κ3) is 4.84. The summed E-state index contributed by atoms with van der Waals surface area (Å²) < 4.78 is 0. The van der Waals surface area contributed by atoms with Gasteiger partial charge in [0.25, 0.3) is 11.8 Å². The van der Waals surface area contributed by atoms with E-state index in [0.717, 1.165) is 4.88 Å². The SMILES string of the molecule is Cc1ccc(C(=O)N2CCN(C(=O)CNC(=O)c3ccc(Cl)cc3Cl)CC2)s1. The van der Waals surface area contributed by atoms with Gasteiger partial charge in [0.2, 0.25) is 5.91 Å². The lowest BCUT2D eigenvalue weighted by atomic mass is 10.2. The van der Waals surface area contributed by atoms with Crippen LogP contribution < -0.4 is 5.32 Å². The lowest BCUT2D eigenvalue weighted by molar-refractivity contribution is -0.131. The average Bonchev–Trinajstić information content (AvgIpc) is 3.11. The maximum atomic E-state index is 12.5. The van der Waals surface area contributed by atoms with Crippen molar-refractivity contribution in [3.05, 3.63) is 55.7 Å². The van der Waals surface area contributed by atoms with Gasteiger partial charge in [-0.1, -0.05) is 23.2 Å². The number of benzene rings is 1. The Hall–Kier alpha value is -2.09. The third-order valence-electron chi connectivity index (χ3n) is 4.45. The van der Waals surface area contributed by atoms with E-state index in [4.69, 9.17) is 23.2 Å². The summed E-state index contributed by atoms with van der Waals surface area (Å²) in [4.78, 5) is 42.3.